The van der Waals surface area contributed by atoms with Gasteiger partial charge in [0.05, 0.1) is 6.26 Å². The molecule has 0 unspecified atom stereocenters. The summed E-state index contributed by atoms with van der Waals surface area (Å²) in [5.74, 6) is 2.01. The smallest absolute Gasteiger partial charge is 0.317 e. The van der Waals surface area contributed by atoms with E-state index in [1.807, 2.05) is 4.90 Å². The predicted octanol–water partition coefficient (Wildman–Crippen LogP) is 3.07. The van der Waals surface area contributed by atoms with E-state index >= 15 is 0 Å². The lowest BCUT2D eigenvalue weighted by Gasteiger charge is -2.29. The van der Waals surface area contributed by atoms with Crippen molar-refractivity contribution in [3.8, 4) is 0 Å². The van der Waals surface area contributed by atoms with Gasteiger partial charge in [-0.25, -0.2) is 4.79 Å². The molecule has 1 aromatic rings. The first-order valence-corrected chi connectivity index (χ1v) is 9.01. The molecule has 5 nitrogen and oxygen atoms in total. The van der Waals surface area contributed by atoms with E-state index in [0.717, 1.165) is 19.4 Å². The van der Waals surface area contributed by atoms with E-state index in [4.69, 9.17) is 4.42 Å². The van der Waals surface area contributed by atoms with Crippen molar-refractivity contribution in [2.75, 3.05) is 6.54 Å². The van der Waals surface area contributed by atoms with E-state index in [9.17, 15) is 9.90 Å². The maximum absolute atomic E-state index is 12.7. The molecule has 0 bridgehead atoms. The third-order valence-electron chi connectivity index (χ3n) is 5.55. The monoisotopic (exact) mass is 318 g/mol. The van der Waals surface area contributed by atoms with Crippen LogP contribution in [0.3, 0.4) is 0 Å². The third kappa shape index (κ3) is 3.39. The van der Waals surface area contributed by atoms with Crippen LogP contribution in [0.4, 0.5) is 4.79 Å². The summed E-state index contributed by atoms with van der Waals surface area (Å²) >= 11 is 0. The Kier molecular flexibility index (Phi) is 4.05. The maximum Gasteiger partial charge on any atom is 0.317 e. The number of nitrogens with one attached hydrogen (secondary N) is 1. The molecule has 2 heterocycles. The first kappa shape index (κ1) is 15.1. The fourth-order valence-electron chi connectivity index (χ4n) is 3.96. The van der Waals surface area contributed by atoms with E-state index in [-0.39, 0.29) is 12.1 Å². The van der Waals surface area contributed by atoms with Gasteiger partial charge in [-0.1, -0.05) is 0 Å². The van der Waals surface area contributed by atoms with Crippen LogP contribution in [-0.2, 0) is 0 Å². The average Bonchev–Trinajstić information content (AvgIpc) is 3.46. The highest BCUT2D eigenvalue weighted by Crippen LogP contribution is 2.44. The molecule has 2 saturated carbocycles. The van der Waals surface area contributed by atoms with Crippen molar-refractivity contribution in [2.24, 2.45) is 11.8 Å². The van der Waals surface area contributed by atoms with Crippen molar-refractivity contribution in [3.63, 3.8) is 0 Å². The van der Waals surface area contributed by atoms with Crippen molar-refractivity contribution in [1.82, 2.24) is 10.2 Å². The molecule has 2 N–H and O–H groups in total. The fourth-order valence-corrected chi connectivity index (χ4v) is 3.96. The second-order valence-electron chi connectivity index (χ2n) is 7.41. The number of hydrogen-bond donors (Lipinski definition) is 2. The van der Waals surface area contributed by atoms with E-state index < -0.39 is 6.10 Å². The highest BCUT2D eigenvalue weighted by atomic mass is 16.4. The number of furan rings is 1. The van der Waals surface area contributed by atoms with E-state index in [1.165, 1.54) is 25.7 Å². The Hall–Kier alpha value is -1.49. The van der Waals surface area contributed by atoms with Crippen LogP contribution >= 0.6 is 0 Å². The van der Waals surface area contributed by atoms with Gasteiger partial charge >= 0.3 is 6.03 Å². The molecular weight excluding hydrogens is 292 g/mol. The van der Waals surface area contributed by atoms with Crippen LogP contribution < -0.4 is 5.32 Å². The van der Waals surface area contributed by atoms with E-state index in [0.29, 0.717) is 30.1 Å². The van der Waals surface area contributed by atoms with Crippen LogP contribution in [0.25, 0.3) is 0 Å². The van der Waals surface area contributed by atoms with Gasteiger partial charge in [0, 0.05) is 25.0 Å². The maximum atomic E-state index is 12.7. The Balaban J connectivity index is 1.35. The Morgan fingerprint density at radius 2 is 2.04 bits per heavy atom. The van der Waals surface area contributed by atoms with Gasteiger partial charge in [-0.3, -0.25) is 0 Å². The van der Waals surface area contributed by atoms with Gasteiger partial charge in [0.25, 0.3) is 0 Å². The predicted molar refractivity (Wildman–Crippen MR) is 85.8 cm³/mol. The van der Waals surface area contributed by atoms with Crippen LogP contribution in [-0.4, -0.2) is 34.7 Å². The second kappa shape index (κ2) is 6.19. The lowest BCUT2D eigenvalue weighted by atomic mass is 10.1. The summed E-state index contributed by atoms with van der Waals surface area (Å²) in [5.41, 5.74) is 0. The molecule has 1 aliphatic heterocycles. The quantitative estimate of drug-likeness (QED) is 0.847. The van der Waals surface area contributed by atoms with E-state index in [2.05, 4.69) is 5.32 Å². The molecule has 0 spiro atoms. The molecule has 3 fully saturated rings. The van der Waals surface area contributed by atoms with Crippen LogP contribution in [0.1, 0.15) is 56.8 Å². The van der Waals surface area contributed by atoms with Gasteiger partial charge in [0.1, 0.15) is 11.9 Å². The first-order valence-electron chi connectivity index (χ1n) is 9.01. The summed E-state index contributed by atoms with van der Waals surface area (Å²) in [6, 6.07) is 4.14. The largest absolute Gasteiger partial charge is 0.467 e. The van der Waals surface area contributed by atoms with Crippen molar-refractivity contribution in [1.29, 1.82) is 0 Å². The SMILES string of the molecule is O=C(NC(C1CC1)C1CC1)N1CCC[C@@H]1C[C@H](O)c1ccco1. The van der Waals surface area contributed by atoms with Gasteiger partial charge < -0.3 is 19.7 Å². The second-order valence-corrected chi connectivity index (χ2v) is 7.41. The zero-order chi connectivity index (χ0) is 15.8. The summed E-state index contributed by atoms with van der Waals surface area (Å²) in [6.07, 6.45) is 8.54. The molecule has 2 amide bonds. The molecule has 5 heteroatoms. The highest BCUT2D eigenvalue weighted by Gasteiger charge is 2.43. The minimum atomic E-state index is -0.633. The molecule has 2 atom stereocenters. The molecule has 4 rings (SSSR count). The van der Waals surface area contributed by atoms with Crippen LogP contribution in [0.15, 0.2) is 22.8 Å². The molecule has 2 aliphatic carbocycles. The lowest BCUT2D eigenvalue weighted by Crippen LogP contribution is -2.48. The average molecular weight is 318 g/mol. The molecule has 0 aromatic carbocycles. The number of aliphatic hydroxyl groups is 1. The molecule has 1 aromatic heterocycles. The third-order valence-corrected chi connectivity index (χ3v) is 5.55. The number of likely N-dealkylation sites (tertiary alicyclic amines) is 1. The Morgan fingerprint density at radius 1 is 1.30 bits per heavy atom. The zero-order valence-electron chi connectivity index (χ0n) is 13.5. The fraction of sp³-hybridized carbons (Fsp3) is 0.722. The van der Waals surface area contributed by atoms with Crippen LogP contribution in [0.2, 0.25) is 0 Å². The number of rotatable bonds is 6. The minimum Gasteiger partial charge on any atom is -0.467 e. The van der Waals surface area contributed by atoms with Crippen molar-refractivity contribution in [3.05, 3.63) is 24.2 Å². The molecule has 126 valence electrons. The van der Waals surface area contributed by atoms with Gasteiger partial charge in [0.15, 0.2) is 0 Å². The van der Waals surface area contributed by atoms with Crippen molar-refractivity contribution in [2.45, 2.75) is 63.1 Å². The van der Waals surface area contributed by atoms with Gasteiger partial charge in [0.2, 0.25) is 0 Å². The van der Waals surface area contributed by atoms with Crippen molar-refractivity contribution < 1.29 is 14.3 Å². The highest BCUT2D eigenvalue weighted by molar-refractivity contribution is 5.75. The van der Waals surface area contributed by atoms with Crippen LogP contribution in [0, 0.1) is 11.8 Å². The van der Waals surface area contributed by atoms with Crippen molar-refractivity contribution >= 4 is 6.03 Å². The summed E-state index contributed by atoms with van der Waals surface area (Å²) in [5, 5.41) is 13.6. The molecular formula is C18H26N2O3. The standard InChI is InChI=1S/C18H26N2O3/c21-15(16-4-2-10-23-16)11-14-3-1-9-20(14)18(22)19-17(12-5-6-12)13-7-8-13/h2,4,10,12-15,17,21H,1,3,5-9,11H2,(H,19,22)/t14-,15+/m1/s1. The number of carbonyl (C=O) groups is 1. The number of amides is 2. The Bertz CT molecular complexity index is 524. The summed E-state index contributed by atoms with van der Waals surface area (Å²) in [6.45, 7) is 0.795. The number of urea groups is 1. The Labute approximate surface area is 137 Å². The Morgan fingerprint density at radius 3 is 2.65 bits per heavy atom. The molecule has 3 aliphatic rings. The number of nitrogens with zero attached hydrogens (tertiary/aromatic N) is 1. The summed E-state index contributed by atoms with van der Waals surface area (Å²) in [4.78, 5) is 14.6. The molecule has 1 saturated heterocycles. The molecule has 23 heavy (non-hydrogen) atoms. The van der Waals surface area contributed by atoms with E-state index in [1.54, 1.807) is 18.4 Å². The first-order chi connectivity index (χ1) is 11.2. The van der Waals surface area contributed by atoms with Gasteiger partial charge in [-0.05, 0) is 62.5 Å². The molecule has 0 radical (unpaired) electrons. The summed E-state index contributed by atoms with van der Waals surface area (Å²) in [7, 11) is 0. The number of carbonyl (C=O) groups excluding carboxylic acids is 1. The normalized spacial score (nSPS) is 25.8. The van der Waals surface area contributed by atoms with Crippen LogP contribution in [0.5, 0.6) is 0 Å². The number of hydrogen-bond acceptors (Lipinski definition) is 3. The topological polar surface area (TPSA) is 65.7 Å². The lowest BCUT2D eigenvalue weighted by molar-refractivity contribution is 0.107. The summed E-state index contributed by atoms with van der Waals surface area (Å²) < 4.78 is 5.28. The number of aliphatic hydroxyl groups excluding tert-OH is 1. The minimum absolute atomic E-state index is 0.0722. The van der Waals surface area contributed by atoms with Gasteiger partial charge in [-0.2, -0.15) is 0 Å². The zero-order valence-corrected chi connectivity index (χ0v) is 13.5. The van der Waals surface area contributed by atoms with Gasteiger partial charge in [-0.15, -0.1) is 0 Å².